The molecule has 1 aromatic carbocycles. The highest BCUT2D eigenvalue weighted by molar-refractivity contribution is 7.92. The summed E-state index contributed by atoms with van der Waals surface area (Å²) in [5.41, 5.74) is 1.33. The van der Waals surface area contributed by atoms with Gasteiger partial charge in [-0.3, -0.25) is 14.3 Å². The minimum Gasteiger partial charge on any atom is -0.481 e. The normalized spacial score (nSPS) is 21.2. The van der Waals surface area contributed by atoms with E-state index < -0.39 is 33.9 Å². The van der Waals surface area contributed by atoms with E-state index in [1.54, 1.807) is 19.1 Å². The predicted octanol–water partition coefficient (Wildman–Crippen LogP) is 2.13. The van der Waals surface area contributed by atoms with Crippen molar-refractivity contribution in [2.24, 2.45) is 5.92 Å². The van der Waals surface area contributed by atoms with Gasteiger partial charge in [-0.1, -0.05) is 25.3 Å². The molecule has 0 unspecified atom stereocenters. The second kappa shape index (κ2) is 7.86. The van der Waals surface area contributed by atoms with Crippen molar-refractivity contribution in [2.45, 2.75) is 45.1 Å². The van der Waals surface area contributed by atoms with Crippen LogP contribution in [0.3, 0.4) is 0 Å². The fourth-order valence-corrected chi connectivity index (χ4v) is 3.72. The zero-order valence-electron chi connectivity index (χ0n) is 14.4. The Morgan fingerprint density at radius 3 is 2.48 bits per heavy atom. The first-order valence-corrected chi connectivity index (χ1v) is 10.2. The van der Waals surface area contributed by atoms with Crippen LogP contribution in [0.1, 0.15) is 48.0 Å². The van der Waals surface area contributed by atoms with Gasteiger partial charge in [0.1, 0.15) is 0 Å². The Morgan fingerprint density at radius 2 is 1.84 bits per heavy atom. The maximum Gasteiger partial charge on any atom is 0.308 e. The molecule has 2 atom stereocenters. The number of nitrogens with one attached hydrogen (secondary N) is 2. The van der Waals surface area contributed by atoms with Gasteiger partial charge in [-0.25, -0.2) is 8.42 Å². The van der Waals surface area contributed by atoms with Crippen molar-refractivity contribution in [3.8, 4) is 0 Å². The average molecular weight is 368 g/mol. The topological polar surface area (TPSA) is 113 Å². The van der Waals surface area contributed by atoms with E-state index in [-0.39, 0.29) is 0 Å². The third-order valence-corrected chi connectivity index (χ3v) is 5.04. The van der Waals surface area contributed by atoms with Crippen LogP contribution in [0, 0.1) is 12.8 Å². The van der Waals surface area contributed by atoms with E-state index in [1.165, 1.54) is 6.07 Å². The van der Waals surface area contributed by atoms with Crippen molar-refractivity contribution in [3.63, 3.8) is 0 Å². The number of aryl methyl sites for hydroxylation is 1. The predicted molar refractivity (Wildman–Crippen MR) is 95.1 cm³/mol. The number of hydrogen-bond donors (Lipinski definition) is 3. The molecule has 138 valence electrons. The Bertz CT molecular complexity index is 760. The van der Waals surface area contributed by atoms with E-state index in [2.05, 4.69) is 10.0 Å². The van der Waals surface area contributed by atoms with Crippen LogP contribution < -0.4 is 10.0 Å². The number of anilines is 1. The molecule has 1 aromatic rings. The summed E-state index contributed by atoms with van der Waals surface area (Å²) >= 11 is 0. The molecule has 0 heterocycles. The van der Waals surface area contributed by atoms with Crippen LogP contribution in [0.2, 0.25) is 0 Å². The summed E-state index contributed by atoms with van der Waals surface area (Å²) < 4.78 is 25.2. The summed E-state index contributed by atoms with van der Waals surface area (Å²) in [5, 5.41) is 12.2. The molecule has 25 heavy (non-hydrogen) atoms. The third-order valence-electron chi connectivity index (χ3n) is 4.44. The highest BCUT2D eigenvalue weighted by atomic mass is 32.2. The molecule has 1 fully saturated rings. The van der Waals surface area contributed by atoms with E-state index in [0.29, 0.717) is 29.7 Å². The van der Waals surface area contributed by atoms with Crippen molar-refractivity contribution in [2.75, 3.05) is 11.0 Å². The van der Waals surface area contributed by atoms with Crippen molar-refractivity contribution in [1.29, 1.82) is 0 Å². The fourth-order valence-electron chi connectivity index (χ4n) is 3.10. The summed E-state index contributed by atoms with van der Waals surface area (Å²) in [6.45, 7) is 1.74. The van der Waals surface area contributed by atoms with E-state index in [4.69, 9.17) is 0 Å². The van der Waals surface area contributed by atoms with Gasteiger partial charge in [0.05, 0.1) is 17.9 Å². The molecule has 0 bridgehead atoms. The zero-order valence-corrected chi connectivity index (χ0v) is 15.2. The number of aliphatic carboxylic acids is 1. The van der Waals surface area contributed by atoms with E-state index >= 15 is 0 Å². The standard InChI is InChI=1S/C17H24N2O5S/c1-11-8-9-12(10-15(11)19-25(2,23)24)16(20)18-14-7-5-3-4-6-13(14)17(21)22/h8-10,13-14,19H,3-7H2,1-2H3,(H,18,20)(H,21,22)/t13-,14+/m1/s1. The van der Waals surface area contributed by atoms with Crippen molar-refractivity contribution < 1.29 is 23.1 Å². The third kappa shape index (κ3) is 5.45. The van der Waals surface area contributed by atoms with Crippen LogP contribution in [-0.4, -0.2) is 37.7 Å². The number of hydrogen-bond acceptors (Lipinski definition) is 4. The molecule has 2 rings (SSSR count). The zero-order chi connectivity index (χ0) is 18.6. The van der Waals surface area contributed by atoms with Gasteiger partial charge in [-0.05, 0) is 37.5 Å². The van der Waals surface area contributed by atoms with Crippen LogP contribution in [0.4, 0.5) is 5.69 Å². The molecular formula is C17H24N2O5S. The summed E-state index contributed by atoms with van der Waals surface area (Å²) in [6.07, 6.45) is 4.91. The van der Waals surface area contributed by atoms with Crippen molar-refractivity contribution in [1.82, 2.24) is 5.32 Å². The fraction of sp³-hybridized carbons (Fsp3) is 0.529. The molecule has 0 radical (unpaired) electrons. The maximum absolute atomic E-state index is 12.5. The SMILES string of the molecule is Cc1ccc(C(=O)N[C@H]2CCCCC[C@H]2C(=O)O)cc1NS(C)(=O)=O. The lowest BCUT2D eigenvalue weighted by atomic mass is 9.94. The minimum absolute atomic E-state index is 0.296. The lowest BCUT2D eigenvalue weighted by Gasteiger charge is -2.23. The number of carboxylic acid groups (broad SMARTS) is 1. The lowest BCUT2D eigenvalue weighted by Crippen LogP contribution is -2.42. The summed E-state index contributed by atoms with van der Waals surface area (Å²) in [7, 11) is -3.45. The van der Waals surface area contributed by atoms with Gasteiger partial charge < -0.3 is 10.4 Å². The second-order valence-corrected chi connectivity index (χ2v) is 8.32. The Morgan fingerprint density at radius 1 is 1.16 bits per heavy atom. The first-order chi connectivity index (χ1) is 11.7. The summed E-state index contributed by atoms with van der Waals surface area (Å²) in [5.74, 6) is -1.88. The van der Waals surface area contributed by atoms with E-state index in [1.807, 2.05) is 0 Å². The smallest absolute Gasteiger partial charge is 0.308 e. The van der Waals surface area contributed by atoms with Crippen LogP contribution in [-0.2, 0) is 14.8 Å². The highest BCUT2D eigenvalue weighted by Gasteiger charge is 2.30. The number of amides is 1. The summed E-state index contributed by atoms with van der Waals surface area (Å²) in [6, 6.07) is 4.31. The van der Waals surface area contributed by atoms with Crippen LogP contribution in [0.25, 0.3) is 0 Å². The van der Waals surface area contributed by atoms with Gasteiger partial charge in [0.15, 0.2) is 0 Å². The van der Waals surface area contributed by atoms with E-state index in [9.17, 15) is 23.1 Å². The van der Waals surface area contributed by atoms with Gasteiger partial charge in [0.2, 0.25) is 10.0 Å². The van der Waals surface area contributed by atoms with Gasteiger partial charge in [-0.15, -0.1) is 0 Å². The van der Waals surface area contributed by atoms with Gasteiger partial charge in [-0.2, -0.15) is 0 Å². The number of carbonyl (C=O) groups excluding carboxylic acids is 1. The molecule has 1 amide bonds. The molecular weight excluding hydrogens is 344 g/mol. The van der Waals surface area contributed by atoms with Crippen molar-refractivity contribution >= 4 is 27.6 Å². The molecule has 1 aliphatic carbocycles. The van der Waals surface area contributed by atoms with Gasteiger partial charge in [0.25, 0.3) is 5.91 Å². The van der Waals surface area contributed by atoms with Crippen LogP contribution in [0.5, 0.6) is 0 Å². The van der Waals surface area contributed by atoms with Gasteiger partial charge >= 0.3 is 5.97 Å². The molecule has 8 heteroatoms. The number of benzene rings is 1. The number of carboxylic acids is 1. The Hall–Kier alpha value is -2.09. The first-order valence-electron chi connectivity index (χ1n) is 8.29. The number of carbonyl (C=O) groups is 2. The highest BCUT2D eigenvalue weighted by Crippen LogP contribution is 2.25. The molecule has 0 aliphatic heterocycles. The second-order valence-electron chi connectivity index (χ2n) is 6.57. The average Bonchev–Trinajstić information content (AvgIpc) is 2.73. The van der Waals surface area contributed by atoms with Crippen LogP contribution >= 0.6 is 0 Å². The first kappa shape index (κ1) is 19.2. The minimum atomic E-state index is -3.45. The molecule has 7 nitrogen and oxygen atoms in total. The number of sulfonamides is 1. The lowest BCUT2D eigenvalue weighted by molar-refractivity contribution is -0.142. The van der Waals surface area contributed by atoms with Gasteiger partial charge in [0, 0.05) is 11.6 Å². The Kier molecular flexibility index (Phi) is 6.05. The molecule has 1 saturated carbocycles. The summed E-state index contributed by atoms with van der Waals surface area (Å²) in [4.78, 5) is 24.0. The number of rotatable bonds is 5. The molecule has 0 saturated heterocycles. The molecule has 3 N–H and O–H groups in total. The van der Waals surface area contributed by atoms with Crippen LogP contribution in [0.15, 0.2) is 18.2 Å². The quantitative estimate of drug-likeness (QED) is 0.689. The largest absolute Gasteiger partial charge is 0.481 e. The molecule has 0 aromatic heterocycles. The molecule has 1 aliphatic rings. The Balaban J connectivity index is 2.19. The Labute approximate surface area is 147 Å². The van der Waals surface area contributed by atoms with Crippen molar-refractivity contribution in [3.05, 3.63) is 29.3 Å². The van der Waals surface area contributed by atoms with E-state index in [0.717, 1.165) is 25.5 Å². The maximum atomic E-state index is 12.5. The molecule has 0 spiro atoms. The monoisotopic (exact) mass is 368 g/mol.